The van der Waals surface area contributed by atoms with Gasteiger partial charge in [-0.25, -0.2) is 4.98 Å². The van der Waals surface area contributed by atoms with Crippen LogP contribution in [0.3, 0.4) is 0 Å². The van der Waals surface area contributed by atoms with Crippen LogP contribution in [-0.2, 0) is 6.61 Å². The minimum atomic E-state index is 0.320. The summed E-state index contributed by atoms with van der Waals surface area (Å²) in [5, 5.41) is 1.25. The number of carbonyl (C=O) groups excluding carboxylic acids is 1. The molecule has 0 aliphatic rings. The fraction of sp³-hybridized carbons (Fsp3) is 0.0667. The molecule has 3 rings (SSSR count). The van der Waals surface area contributed by atoms with Crippen molar-refractivity contribution in [1.82, 2.24) is 4.98 Å². The van der Waals surface area contributed by atoms with Crippen LogP contribution >= 0.6 is 22.9 Å². The van der Waals surface area contributed by atoms with Crippen LogP contribution in [0.5, 0.6) is 5.75 Å². The van der Waals surface area contributed by atoms with Crippen LogP contribution in [0.15, 0.2) is 42.5 Å². The molecule has 0 radical (unpaired) electrons. The van der Waals surface area contributed by atoms with E-state index >= 15 is 0 Å². The van der Waals surface area contributed by atoms with Crippen molar-refractivity contribution in [3.8, 4) is 5.75 Å². The fourth-order valence-electron chi connectivity index (χ4n) is 1.88. The molecule has 0 aliphatic heterocycles. The number of hydrogen-bond acceptors (Lipinski definition) is 4. The number of rotatable bonds is 4. The summed E-state index contributed by atoms with van der Waals surface area (Å²) >= 11 is 7.53. The van der Waals surface area contributed by atoms with Crippen LogP contribution in [0.2, 0.25) is 5.02 Å². The summed E-state index contributed by atoms with van der Waals surface area (Å²) in [4.78, 5) is 15.5. The van der Waals surface area contributed by atoms with E-state index in [-0.39, 0.29) is 0 Å². The van der Waals surface area contributed by atoms with Gasteiger partial charge in [-0.1, -0.05) is 29.8 Å². The van der Waals surface area contributed by atoms with E-state index in [9.17, 15) is 4.79 Å². The maximum absolute atomic E-state index is 11.0. The molecule has 3 aromatic rings. The number of halogens is 1. The number of para-hydroxylation sites is 1. The molecule has 0 saturated heterocycles. The van der Waals surface area contributed by atoms with Gasteiger partial charge in [0, 0.05) is 0 Å². The molecule has 100 valence electrons. The molecule has 0 spiro atoms. The third-order valence-corrected chi connectivity index (χ3v) is 4.16. The van der Waals surface area contributed by atoms with Crippen LogP contribution in [0, 0.1) is 0 Å². The third-order valence-electron chi connectivity index (χ3n) is 2.82. The predicted molar refractivity (Wildman–Crippen MR) is 80.8 cm³/mol. The van der Waals surface area contributed by atoms with E-state index in [1.807, 2.05) is 24.3 Å². The van der Waals surface area contributed by atoms with Crippen molar-refractivity contribution < 1.29 is 9.53 Å². The van der Waals surface area contributed by atoms with Crippen LogP contribution in [0.4, 0.5) is 0 Å². The lowest BCUT2D eigenvalue weighted by molar-refractivity contribution is 0.111. The third kappa shape index (κ3) is 2.53. The molecule has 5 heteroatoms. The van der Waals surface area contributed by atoms with E-state index in [0.717, 1.165) is 15.2 Å². The molecular weight excluding hydrogens is 294 g/mol. The second-order valence-electron chi connectivity index (χ2n) is 4.13. The van der Waals surface area contributed by atoms with Gasteiger partial charge in [-0.3, -0.25) is 4.79 Å². The molecule has 1 heterocycles. The van der Waals surface area contributed by atoms with Crippen molar-refractivity contribution in [1.29, 1.82) is 0 Å². The minimum absolute atomic E-state index is 0.320. The number of aldehydes is 1. The molecule has 0 bridgehead atoms. The largest absolute Gasteiger partial charge is 0.486 e. The van der Waals surface area contributed by atoms with Crippen molar-refractivity contribution in [2.75, 3.05) is 0 Å². The maximum Gasteiger partial charge on any atom is 0.155 e. The first-order chi connectivity index (χ1) is 9.78. The Hall–Kier alpha value is -1.91. The SMILES string of the molecule is O=Cc1c(Cl)cccc1OCc1nc2ccccc2s1. The topological polar surface area (TPSA) is 39.2 Å². The van der Waals surface area contributed by atoms with E-state index in [2.05, 4.69) is 4.98 Å². The molecule has 20 heavy (non-hydrogen) atoms. The molecule has 3 nitrogen and oxygen atoms in total. The Balaban J connectivity index is 1.82. The normalized spacial score (nSPS) is 10.7. The Bertz CT molecular complexity index is 736. The quantitative estimate of drug-likeness (QED) is 0.673. The summed E-state index contributed by atoms with van der Waals surface area (Å²) in [6.45, 7) is 0.320. The highest BCUT2D eigenvalue weighted by Gasteiger charge is 2.09. The minimum Gasteiger partial charge on any atom is -0.486 e. The van der Waals surface area contributed by atoms with Gasteiger partial charge in [0.1, 0.15) is 17.4 Å². The van der Waals surface area contributed by atoms with Gasteiger partial charge >= 0.3 is 0 Å². The number of aromatic nitrogens is 1. The Morgan fingerprint density at radius 2 is 2.05 bits per heavy atom. The smallest absolute Gasteiger partial charge is 0.155 e. The molecule has 0 aliphatic carbocycles. The first kappa shape index (κ1) is 13.1. The average Bonchev–Trinajstić information content (AvgIpc) is 2.88. The second-order valence-corrected chi connectivity index (χ2v) is 5.66. The highest BCUT2D eigenvalue weighted by molar-refractivity contribution is 7.18. The van der Waals surface area contributed by atoms with E-state index in [1.54, 1.807) is 29.5 Å². The van der Waals surface area contributed by atoms with Crippen molar-refractivity contribution in [2.45, 2.75) is 6.61 Å². The van der Waals surface area contributed by atoms with E-state index in [1.165, 1.54) is 0 Å². The summed E-state index contributed by atoms with van der Waals surface area (Å²) < 4.78 is 6.78. The number of thiazole rings is 1. The van der Waals surface area contributed by atoms with Gasteiger partial charge in [0.2, 0.25) is 0 Å². The zero-order valence-electron chi connectivity index (χ0n) is 10.4. The van der Waals surface area contributed by atoms with Crippen molar-refractivity contribution in [3.05, 3.63) is 58.1 Å². The van der Waals surface area contributed by atoms with Gasteiger partial charge in [-0.2, -0.15) is 0 Å². The first-order valence-corrected chi connectivity index (χ1v) is 7.18. The molecule has 0 N–H and O–H groups in total. The van der Waals surface area contributed by atoms with Crippen molar-refractivity contribution >= 4 is 39.4 Å². The first-order valence-electron chi connectivity index (χ1n) is 5.99. The number of carbonyl (C=O) groups is 1. The molecule has 0 unspecified atom stereocenters. The standard InChI is InChI=1S/C15H10ClNO2S/c16-11-4-3-6-13(10(11)8-18)19-9-15-17-12-5-1-2-7-14(12)20-15/h1-8H,9H2. The van der Waals surface area contributed by atoms with Gasteiger partial charge in [-0.15, -0.1) is 11.3 Å². The molecular formula is C15H10ClNO2S. The van der Waals surface area contributed by atoms with E-state index in [0.29, 0.717) is 29.2 Å². The Morgan fingerprint density at radius 3 is 2.85 bits per heavy atom. The summed E-state index contributed by atoms with van der Waals surface area (Å²) in [6.07, 6.45) is 0.704. The Labute approximate surface area is 124 Å². The Morgan fingerprint density at radius 1 is 1.20 bits per heavy atom. The number of nitrogens with zero attached hydrogens (tertiary/aromatic N) is 1. The van der Waals surface area contributed by atoms with Gasteiger partial charge in [0.05, 0.1) is 20.8 Å². The number of fused-ring (bicyclic) bond motifs is 1. The van der Waals surface area contributed by atoms with Crippen LogP contribution in [-0.4, -0.2) is 11.3 Å². The average molecular weight is 304 g/mol. The van der Waals surface area contributed by atoms with Crippen LogP contribution in [0.1, 0.15) is 15.4 Å². The molecule has 0 atom stereocenters. The predicted octanol–water partition coefficient (Wildman–Crippen LogP) is 4.34. The van der Waals surface area contributed by atoms with E-state index < -0.39 is 0 Å². The lowest BCUT2D eigenvalue weighted by Gasteiger charge is -2.07. The van der Waals surface area contributed by atoms with Crippen LogP contribution < -0.4 is 4.74 Å². The summed E-state index contributed by atoms with van der Waals surface area (Å²) in [7, 11) is 0. The van der Waals surface area contributed by atoms with E-state index in [4.69, 9.17) is 16.3 Å². The molecule has 0 amide bonds. The second kappa shape index (κ2) is 5.61. The summed E-state index contributed by atoms with van der Waals surface area (Å²) in [6, 6.07) is 13.1. The van der Waals surface area contributed by atoms with Gasteiger partial charge in [-0.05, 0) is 24.3 Å². The van der Waals surface area contributed by atoms with Crippen molar-refractivity contribution in [2.24, 2.45) is 0 Å². The number of ether oxygens (including phenoxy) is 1. The number of benzene rings is 2. The zero-order valence-corrected chi connectivity index (χ0v) is 11.9. The monoisotopic (exact) mass is 303 g/mol. The van der Waals surface area contributed by atoms with Gasteiger partial charge in [0.25, 0.3) is 0 Å². The molecule has 0 fully saturated rings. The summed E-state index contributed by atoms with van der Waals surface area (Å²) in [5.74, 6) is 0.478. The highest BCUT2D eigenvalue weighted by Crippen LogP contribution is 2.27. The lowest BCUT2D eigenvalue weighted by atomic mass is 10.2. The maximum atomic E-state index is 11.0. The summed E-state index contributed by atoms with van der Waals surface area (Å²) in [5.41, 5.74) is 1.33. The van der Waals surface area contributed by atoms with Crippen LogP contribution in [0.25, 0.3) is 10.2 Å². The number of hydrogen-bond donors (Lipinski definition) is 0. The molecule has 2 aromatic carbocycles. The fourth-order valence-corrected chi connectivity index (χ4v) is 2.97. The molecule has 0 saturated carbocycles. The molecule has 1 aromatic heterocycles. The van der Waals surface area contributed by atoms with Gasteiger partial charge < -0.3 is 4.74 Å². The van der Waals surface area contributed by atoms with Crippen molar-refractivity contribution in [3.63, 3.8) is 0 Å². The highest BCUT2D eigenvalue weighted by atomic mass is 35.5. The lowest BCUT2D eigenvalue weighted by Crippen LogP contribution is -1.98. The Kier molecular flexibility index (Phi) is 3.67. The zero-order chi connectivity index (χ0) is 13.9. The van der Waals surface area contributed by atoms with Gasteiger partial charge in [0.15, 0.2) is 6.29 Å².